The van der Waals surface area contributed by atoms with Gasteiger partial charge in [0.25, 0.3) is 10.7 Å². The molecule has 128 valence electrons. The van der Waals surface area contributed by atoms with Crippen LogP contribution in [0.4, 0.5) is 0 Å². The maximum Gasteiger partial charge on any atom is 1.00 e. The van der Waals surface area contributed by atoms with E-state index in [9.17, 15) is 4.79 Å². The second-order valence-corrected chi connectivity index (χ2v) is 4.47. The van der Waals surface area contributed by atoms with Crippen molar-refractivity contribution in [3.05, 3.63) is 47.4 Å². The number of aromatic nitrogens is 2. The van der Waals surface area contributed by atoms with Crippen molar-refractivity contribution in [2.45, 2.75) is 0 Å². The molecule has 0 aromatic carbocycles. The van der Waals surface area contributed by atoms with Gasteiger partial charge in [0.05, 0.1) is 12.5 Å². The van der Waals surface area contributed by atoms with Gasteiger partial charge in [0.1, 0.15) is 0 Å². The van der Waals surface area contributed by atoms with E-state index in [1.165, 1.54) is 12.3 Å². The zero-order valence-electron chi connectivity index (χ0n) is 12.8. The molecule has 0 unspecified atom stereocenters. The number of aromatic amines is 1. The van der Waals surface area contributed by atoms with E-state index in [-0.39, 0.29) is 67.5 Å². The van der Waals surface area contributed by atoms with Crippen LogP contribution in [0, 0.1) is 4.84 Å². The second-order valence-electron chi connectivity index (χ2n) is 3.43. The monoisotopic (exact) mass is 426 g/mol. The summed E-state index contributed by atoms with van der Waals surface area (Å²) in [6.45, 7) is 0. The van der Waals surface area contributed by atoms with Gasteiger partial charge in [-0.15, -0.1) is 5.10 Å². The number of nitrogens with zero attached hydrogens (tertiary/aromatic N) is 1. The quantitative estimate of drug-likeness (QED) is 0.164. The van der Waals surface area contributed by atoms with Crippen LogP contribution >= 0.6 is 36.7 Å². The summed E-state index contributed by atoms with van der Waals surface area (Å²) in [6.07, 6.45) is 2.95. The fraction of sp³-hybridized carbons (Fsp3) is 0. The van der Waals surface area contributed by atoms with Gasteiger partial charge < -0.3 is 18.7 Å². The Bertz CT molecular complexity index is 795. The van der Waals surface area contributed by atoms with E-state index in [0.717, 1.165) is 0 Å². The van der Waals surface area contributed by atoms with E-state index in [0.29, 0.717) is 11.7 Å². The first-order valence-corrected chi connectivity index (χ1v) is 6.98. The third-order valence-electron chi connectivity index (χ3n) is 2.05. The number of carbonyl (C=O) groups is 1. The van der Waals surface area contributed by atoms with Crippen LogP contribution in [0.2, 0.25) is 0 Å². The summed E-state index contributed by atoms with van der Waals surface area (Å²) in [5, 5.41) is 6.26. The summed E-state index contributed by atoms with van der Waals surface area (Å²) in [5.74, 6) is 5.55. The molecule has 25 heavy (non-hydrogen) atoms. The molecule has 0 fully saturated rings. The van der Waals surface area contributed by atoms with Crippen LogP contribution in [-0.4, -0.2) is 25.9 Å². The van der Waals surface area contributed by atoms with Crippen molar-refractivity contribution in [3.8, 4) is 11.7 Å². The van der Waals surface area contributed by atoms with Crippen LogP contribution in [0.25, 0.3) is 11.7 Å². The SMILES string of the molecule is NNC(=O)c1ccco1.S=C=S.S=c1[nH]nc(-c2ccco2)o1.[K+].[OH-]. The number of nitrogens with two attached hydrogens (primary N) is 1. The maximum atomic E-state index is 10.5. The molecule has 0 saturated heterocycles. The molecule has 0 spiro atoms. The molecule has 3 aromatic rings. The first-order chi connectivity index (χ1) is 11.1. The third kappa shape index (κ3) is 10.0. The Morgan fingerprint density at radius 3 is 2.24 bits per heavy atom. The Kier molecular flexibility index (Phi) is 16.3. The van der Waals surface area contributed by atoms with Crippen molar-refractivity contribution in [1.29, 1.82) is 0 Å². The predicted octanol–water partition coefficient (Wildman–Crippen LogP) is -0.279. The minimum atomic E-state index is -0.417. The van der Waals surface area contributed by atoms with Gasteiger partial charge in [0.2, 0.25) is 0 Å². The smallest absolute Gasteiger partial charge is 0.870 e. The average Bonchev–Trinajstić information content (AvgIpc) is 3.29. The number of hydrazine groups is 1. The summed E-state index contributed by atoms with van der Waals surface area (Å²) < 4.78 is 16.6. The molecule has 1 amide bonds. The fourth-order valence-electron chi connectivity index (χ4n) is 1.21. The number of amides is 1. The number of hydrogen-bond acceptors (Lipinski definition) is 10. The topological polar surface area (TPSA) is 153 Å². The predicted molar refractivity (Wildman–Crippen MR) is 91.9 cm³/mol. The average molecular weight is 427 g/mol. The van der Waals surface area contributed by atoms with Gasteiger partial charge >= 0.3 is 57.3 Å². The number of carbonyl (C=O) groups excluding carboxylic acids is 1. The molecule has 0 bridgehead atoms. The minimum Gasteiger partial charge on any atom is -0.870 e. The van der Waals surface area contributed by atoms with Crippen molar-refractivity contribution in [1.82, 2.24) is 15.6 Å². The zero-order chi connectivity index (χ0) is 17.1. The van der Waals surface area contributed by atoms with Crippen molar-refractivity contribution in [3.63, 3.8) is 0 Å². The van der Waals surface area contributed by atoms with Crippen LogP contribution in [0.3, 0.4) is 0 Å². The molecule has 0 aliphatic heterocycles. The zero-order valence-corrected chi connectivity index (χ0v) is 18.4. The summed E-state index contributed by atoms with van der Waals surface area (Å²) in [6, 6.07) is 6.64. The number of nitrogen functional groups attached to an aromatic ring is 1. The van der Waals surface area contributed by atoms with E-state index in [1.807, 2.05) is 9.74 Å². The van der Waals surface area contributed by atoms with Crippen molar-refractivity contribution in [2.24, 2.45) is 5.84 Å². The van der Waals surface area contributed by atoms with Crippen LogP contribution in [-0.2, 0) is 0 Å². The second kappa shape index (κ2) is 15.4. The number of H-pyrrole nitrogens is 1. The van der Waals surface area contributed by atoms with Crippen LogP contribution in [0.5, 0.6) is 0 Å². The molecule has 3 rings (SSSR count). The number of furan rings is 2. The Morgan fingerprint density at radius 2 is 1.84 bits per heavy atom. The first kappa shape index (κ1) is 26.4. The van der Waals surface area contributed by atoms with E-state index in [1.54, 1.807) is 24.5 Å². The number of hydrogen-bond donors (Lipinski definition) is 3. The largest absolute Gasteiger partial charge is 1.00 e. The molecule has 13 heteroatoms. The Labute approximate surface area is 200 Å². The van der Waals surface area contributed by atoms with E-state index in [4.69, 9.17) is 19.1 Å². The normalized spacial score (nSPS) is 8.04. The summed E-state index contributed by atoms with van der Waals surface area (Å²) in [7, 11) is 0. The molecule has 0 radical (unpaired) electrons. The summed E-state index contributed by atoms with van der Waals surface area (Å²) in [4.78, 5) is 10.8. The number of thiocarbonyl (C=S) groups is 2. The van der Waals surface area contributed by atoms with Gasteiger partial charge in [-0.05, 0) is 60.9 Å². The summed E-state index contributed by atoms with van der Waals surface area (Å²) in [5.41, 5.74) is 1.93. The molecule has 0 saturated carbocycles. The van der Waals surface area contributed by atoms with Crippen molar-refractivity contribution in [2.75, 3.05) is 0 Å². The molecule has 5 N–H and O–H groups in total. The minimum absolute atomic E-state index is 0. The van der Waals surface area contributed by atoms with Gasteiger partial charge in [-0.3, -0.25) is 10.2 Å². The Morgan fingerprint density at radius 1 is 1.24 bits per heavy atom. The standard InChI is InChI=1S/C6H4N2O2S.C5H6N2O2.CS2.K.H2O/c11-6-8-7-5(10-6)4-2-1-3-9-4;6-7-5(8)4-2-1-3-9-4;2-1-3;;/h1-3H,(H,8,11);1-3H,6H2,(H,7,8);;;1H2/q;;;+1;/p-1. The number of nitrogens with one attached hydrogen (secondary N) is 2. The molecular formula is C12H11KN4O5S3. The van der Waals surface area contributed by atoms with Crippen LogP contribution < -0.4 is 62.7 Å². The van der Waals surface area contributed by atoms with Crippen molar-refractivity contribution < 1.29 is 74.9 Å². The first-order valence-electron chi connectivity index (χ1n) is 5.75. The third-order valence-corrected chi connectivity index (χ3v) is 2.22. The van der Waals surface area contributed by atoms with E-state index < -0.39 is 5.91 Å². The van der Waals surface area contributed by atoms with Gasteiger partial charge in [-0.25, -0.2) is 10.9 Å². The van der Waals surface area contributed by atoms with Gasteiger partial charge in [0, 0.05) is 4.31 Å². The molecule has 0 atom stereocenters. The summed E-state index contributed by atoms with van der Waals surface area (Å²) >= 11 is 12.6. The van der Waals surface area contributed by atoms with Gasteiger partial charge in [-0.1, -0.05) is 0 Å². The van der Waals surface area contributed by atoms with Gasteiger partial charge in [0.15, 0.2) is 11.5 Å². The van der Waals surface area contributed by atoms with Gasteiger partial charge in [-0.2, -0.15) is 0 Å². The van der Waals surface area contributed by atoms with Crippen LogP contribution in [0.15, 0.2) is 50.0 Å². The fourth-order valence-corrected chi connectivity index (χ4v) is 1.34. The van der Waals surface area contributed by atoms with Crippen LogP contribution in [0.1, 0.15) is 10.6 Å². The van der Waals surface area contributed by atoms with E-state index in [2.05, 4.69) is 46.9 Å². The number of rotatable bonds is 2. The van der Waals surface area contributed by atoms with E-state index >= 15 is 0 Å². The molecule has 9 nitrogen and oxygen atoms in total. The molecule has 0 aliphatic carbocycles. The molecule has 3 aromatic heterocycles. The maximum absolute atomic E-state index is 10.5. The molecule has 0 aliphatic rings. The Balaban J connectivity index is 0. The molecular weight excluding hydrogens is 415 g/mol. The van der Waals surface area contributed by atoms with Crippen molar-refractivity contribution >= 4 is 46.9 Å². The molecule has 3 heterocycles. The Hall–Kier alpha value is -0.834.